The fraction of sp³-hybridized carbons (Fsp3) is 0.909. The van der Waals surface area contributed by atoms with E-state index in [1.807, 2.05) is 6.92 Å². The van der Waals surface area contributed by atoms with Gasteiger partial charge in [-0.05, 0) is 19.8 Å². The summed E-state index contributed by atoms with van der Waals surface area (Å²) < 4.78 is 27.6. The first-order valence-electron chi connectivity index (χ1n) is 5.60. The number of Topliss-reactive ketones (excluding diaryl/α,β-unsaturated/α-hetero) is 1. The largest absolute Gasteiger partial charge is 0.371 e. The van der Waals surface area contributed by atoms with Crippen molar-refractivity contribution in [2.75, 3.05) is 18.6 Å². The molecule has 0 bridgehead atoms. The fourth-order valence-corrected chi connectivity index (χ4v) is 2.19. The lowest BCUT2D eigenvalue weighted by molar-refractivity contribution is -0.139. The van der Waals surface area contributed by atoms with Crippen molar-refractivity contribution in [3.8, 4) is 0 Å². The molecule has 0 fully saturated rings. The maximum atomic E-state index is 11.8. The van der Waals surface area contributed by atoms with Gasteiger partial charge in [-0.25, -0.2) is 8.42 Å². The molecule has 1 atom stereocenters. The second-order valence-corrected chi connectivity index (χ2v) is 6.52. The van der Waals surface area contributed by atoms with Crippen molar-refractivity contribution >= 4 is 15.6 Å². The standard InChI is InChI=1S/C11H22O4S/c1-5-11(3,15-4)10(12)8-7-9-16(13,14)6-2/h5-9H2,1-4H3. The molecular formula is C11H22O4S. The minimum absolute atomic E-state index is 0.0243. The van der Waals surface area contributed by atoms with Crippen molar-refractivity contribution in [2.24, 2.45) is 0 Å². The van der Waals surface area contributed by atoms with Gasteiger partial charge in [0.1, 0.15) is 15.4 Å². The molecule has 16 heavy (non-hydrogen) atoms. The van der Waals surface area contributed by atoms with Crippen LogP contribution >= 0.6 is 0 Å². The molecule has 0 radical (unpaired) electrons. The van der Waals surface area contributed by atoms with Crippen molar-refractivity contribution in [1.82, 2.24) is 0 Å². The molecule has 0 amide bonds. The molecule has 0 aliphatic carbocycles. The molecule has 96 valence electrons. The van der Waals surface area contributed by atoms with Crippen LogP contribution in [0, 0.1) is 0 Å². The van der Waals surface area contributed by atoms with Gasteiger partial charge >= 0.3 is 0 Å². The van der Waals surface area contributed by atoms with E-state index in [-0.39, 0.29) is 23.7 Å². The number of sulfone groups is 1. The highest BCUT2D eigenvalue weighted by atomic mass is 32.2. The van der Waals surface area contributed by atoms with Gasteiger partial charge in [-0.3, -0.25) is 4.79 Å². The SMILES string of the molecule is CCC(C)(OC)C(=O)CCCS(=O)(=O)CC. The number of ether oxygens (including phenoxy) is 1. The van der Waals surface area contributed by atoms with Crippen LogP contribution in [0.5, 0.6) is 0 Å². The van der Waals surface area contributed by atoms with Crippen molar-refractivity contribution in [3.05, 3.63) is 0 Å². The Bertz CT molecular complexity index is 315. The lowest BCUT2D eigenvalue weighted by Gasteiger charge is -2.24. The van der Waals surface area contributed by atoms with Gasteiger partial charge in [0.15, 0.2) is 5.78 Å². The van der Waals surface area contributed by atoms with E-state index in [0.717, 1.165) is 0 Å². The minimum Gasteiger partial charge on any atom is -0.371 e. The quantitative estimate of drug-likeness (QED) is 0.656. The van der Waals surface area contributed by atoms with Gasteiger partial charge < -0.3 is 4.74 Å². The summed E-state index contributed by atoms with van der Waals surface area (Å²) in [7, 11) is -1.46. The number of rotatable bonds is 8. The Hall–Kier alpha value is -0.420. The van der Waals surface area contributed by atoms with E-state index >= 15 is 0 Å². The first-order valence-corrected chi connectivity index (χ1v) is 7.42. The zero-order valence-corrected chi connectivity index (χ0v) is 11.4. The lowest BCUT2D eigenvalue weighted by Crippen LogP contribution is -2.36. The highest BCUT2D eigenvalue weighted by Gasteiger charge is 2.30. The molecule has 0 saturated heterocycles. The summed E-state index contributed by atoms with van der Waals surface area (Å²) in [5.41, 5.74) is -0.768. The van der Waals surface area contributed by atoms with Crippen LogP contribution in [-0.2, 0) is 19.4 Å². The number of hydrogen-bond donors (Lipinski definition) is 0. The van der Waals surface area contributed by atoms with Crippen molar-refractivity contribution in [1.29, 1.82) is 0 Å². The number of ketones is 1. The first-order chi connectivity index (χ1) is 7.31. The van der Waals surface area contributed by atoms with Gasteiger partial charge in [0.05, 0.1) is 5.75 Å². The maximum Gasteiger partial charge on any atom is 0.164 e. The van der Waals surface area contributed by atoms with Gasteiger partial charge in [-0.2, -0.15) is 0 Å². The molecule has 0 spiro atoms. The molecule has 5 heteroatoms. The average Bonchev–Trinajstić information content (AvgIpc) is 2.27. The molecule has 0 aliphatic heterocycles. The number of methoxy groups -OCH3 is 1. The van der Waals surface area contributed by atoms with E-state index < -0.39 is 15.4 Å². The van der Waals surface area contributed by atoms with Crippen LogP contribution in [0.2, 0.25) is 0 Å². The van der Waals surface area contributed by atoms with Gasteiger partial charge in [-0.15, -0.1) is 0 Å². The molecule has 0 N–H and O–H groups in total. The molecule has 0 heterocycles. The Morgan fingerprint density at radius 2 is 1.88 bits per heavy atom. The Labute approximate surface area is 98.3 Å². The van der Waals surface area contributed by atoms with Crippen molar-refractivity contribution in [3.63, 3.8) is 0 Å². The Morgan fingerprint density at radius 1 is 1.31 bits per heavy atom. The molecular weight excluding hydrogens is 228 g/mol. The van der Waals surface area contributed by atoms with Gasteiger partial charge in [0, 0.05) is 19.3 Å². The second kappa shape index (κ2) is 6.35. The van der Waals surface area contributed by atoms with Crippen LogP contribution < -0.4 is 0 Å². The van der Waals surface area contributed by atoms with Crippen molar-refractivity contribution < 1.29 is 17.9 Å². The predicted octanol–water partition coefficient (Wildman–Crippen LogP) is 1.59. The zero-order valence-electron chi connectivity index (χ0n) is 10.6. The predicted molar refractivity (Wildman–Crippen MR) is 64.3 cm³/mol. The molecule has 0 aromatic carbocycles. The van der Waals surface area contributed by atoms with E-state index in [0.29, 0.717) is 12.8 Å². The highest BCUT2D eigenvalue weighted by Crippen LogP contribution is 2.18. The first kappa shape index (κ1) is 15.6. The maximum absolute atomic E-state index is 11.8. The summed E-state index contributed by atoms with van der Waals surface area (Å²) in [6, 6.07) is 0. The summed E-state index contributed by atoms with van der Waals surface area (Å²) in [6.07, 6.45) is 1.24. The third kappa shape index (κ3) is 4.61. The topological polar surface area (TPSA) is 60.4 Å². The molecule has 4 nitrogen and oxygen atoms in total. The van der Waals surface area contributed by atoms with E-state index in [1.165, 1.54) is 7.11 Å². The van der Waals surface area contributed by atoms with Crippen LogP contribution in [0.4, 0.5) is 0 Å². The smallest absolute Gasteiger partial charge is 0.164 e. The number of hydrogen-bond acceptors (Lipinski definition) is 4. The monoisotopic (exact) mass is 250 g/mol. The van der Waals surface area contributed by atoms with E-state index in [9.17, 15) is 13.2 Å². The molecule has 0 rings (SSSR count). The summed E-state index contributed by atoms with van der Waals surface area (Å²) in [6.45, 7) is 5.23. The summed E-state index contributed by atoms with van der Waals surface area (Å²) >= 11 is 0. The molecule has 0 aliphatic rings. The third-order valence-electron chi connectivity index (χ3n) is 3.01. The van der Waals surface area contributed by atoms with Crippen LogP contribution in [0.3, 0.4) is 0 Å². The summed E-state index contributed by atoms with van der Waals surface area (Å²) in [5, 5.41) is 0. The van der Waals surface area contributed by atoms with Gasteiger partial charge in [0.2, 0.25) is 0 Å². The van der Waals surface area contributed by atoms with Crippen LogP contribution in [0.25, 0.3) is 0 Å². The highest BCUT2D eigenvalue weighted by molar-refractivity contribution is 7.91. The third-order valence-corrected chi connectivity index (χ3v) is 4.80. The van der Waals surface area contributed by atoms with Gasteiger partial charge in [0.25, 0.3) is 0 Å². The summed E-state index contributed by atoms with van der Waals surface area (Å²) in [5.74, 6) is 0.193. The van der Waals surface area contributed by atoms with Crippen LogP contribution in [0.1, 0.15) is 40.0 Å². The second-order valence-electron chi connectivity index (χ2n) is 4.05. The zero-order chi connectivity index (χ0) is 12.8. The average molecular weight is 250 g/mol. The molecule has 0 aromatic rings. The van der Waals surface area contributed by atoms with Gasteiger partial charge in [-0.1, -0.05) is 13.8 Å². The van der Waals surface area contributed by atoms with Crippen LogP contribution in [0.15, 0.2) is 0 Å². The number of carbonyl (C=O) groups excluding carboxylic acids is 1. The normalized spacial score (nSPS) is 15.8. The Morgan fingerprint density at radius 3 is 2.25 bits per heavy atom. The fourth-order valence-electron chi connectivity index (χ4n) is 1.32. The molecule has 1 unspecified atom stereocenters. The lowest BCUT2D eigenvalue weighted by atomic mass is 9.94. The van der Waals surface area contributed by atoms with Crippen LogP contribution in [-0.4, -0.2) is 38.4 Å². The summed E-state index contributed by atoms with van der Waals surface area (Å²) in [4.78, 5) is 11.8. The molecule has 0 saturated carbocycles. The van der Waals surface area contributed by atoms with Crippen molar-refractivity contribution in [2.45, 2.75) is 45.6 Å². The van der Waals surface area contributed by atoms with E-state index in [1.54, 1.807) is 13.8 Å². The van der Waals surface area contributed by atoms with E-state index in [4.69, 9.17) is 4.74 Å². The Balaban J connectivity index is 4.19. The minimum atomic E-state index is -2.97. The number of carbonyl (C=O) groups is 1. The van der Waals surface area contributed by atoms with E-state index in [2.05, 4.69) is 0 Å². The Kier molecular flexibility index (Phi) is 6.18. The molecule has 0 aromatic heterocycles.